The third-order valence-electron chi connectivity index (χ3n) is 5.32. The van der Waals surface area contributed by atoms with Gasteiger partial charge in [0, 0.05) is 38.3 Å². The first-order chi connectivity index (χ1) is 14.8. The van der Waals surface area contributed by atoms with Gasteiger partial charge in [-0.3, -0.25) is 30.0 Å². The summed E-state index contributed by atoms with van der Waals surface area (Å²) >= 11 is 0. The van der Waals surface area contributed by atoms with E-state index < -0.39 is 27.1 Å². The van der Waals surface area contributed by atoms with E-state index in [1.807, 2.05) is 29.2 Å². The van der Waals surface area contributed by atoms with Crippen LogP contribution in [0.4, 0.5) is 17.2 Å². The standard InChI is InChI=1S/C20H18N6O5/c1-13-17(25(28)29)10-14(11-18(13)26(30)31)20(27)24-8-6-23(7-9-24)19-12-21-15-4-2-3-5-16(15)22-19/h2-5,10-12H,6-9H2,1H3. The average molecular weight is 422 g/mol. The van der Waals surface area contributed by atoms with E-state index in [2.05, 4.69) is 9.97 Å². The van der Waals surface area contributed by atoms with Crippen LogP contribution < -0.4 is 4.90 Å². The van der Waals surface area contributed by atoms with Crippen LogP contribution >= 0.6 is 0 Å². The summed E-state index contributed by atoms with van der Waals surface area (Å²) in [4.78, 5) is 46.6. The molecule has 158 valence electrons. The zero-order valence-corrected chi connectivity index (χ0v) is 16.6. The third-order valence-corrected chi connectivity index (χ3v) is 5.32. The summed E-state index contributed by atoms with van der Waals surface area (Å²) in [5, 5.41) is 22.6. The first kappa shape index (κ1) is 20.1. The fraction of sp³-hybridized carbons (Fsp3) is 0.250. The summed E-state index contributed by atoms with van der Waals surface area (Å²) in [6.07, 6.45) is 1.69. The van der Waals surface area contributed by atoms with Crippen LogP contribution in [0.5, 0.6) is 0 Å². The zero-order chi connectivity index (χ0) is 22.1. The van der Waals surface area contributed by atoms with Crippen LogP contribution in [0.3, 0.4) is 0 Å². The molecule has 1 aliphatic heterocycles. The van der Waals surface area contributed by atoms with Crippen LogP contribution in [0.25, 0.3) is 11.0 Å². The van der Waals surface area contributed by atoms with Crippen LogP contribution in [-0.2, 0) is 0 Å². The number of amides is 1. The highest BCUT2D eigenvalue weighted by Crippen LogP contribution is 2.30. The van der Waals surface area contributed by atoms with Crippen molar-refractivity contribution in [2.45, 2.75) is 6.92 Å². The maximum Gasteiger partial charge on any atom is 0.279 e. The van der Waals surface area contributed by atoms with Crippen LogP contribution in [0, 0.1) is 27.2 Å². The molecule has 1 aromatic heterocycles. The SMILES string of the molecule is Cc1c([N+](=O)[O-])cc(C(=O)N2CCN(c3cnc4ccccc4n3)CC2)cc1[N+](=O)[O-]. The number of benzene rings is 2. The number of nitro benzene ring substituents is 2. The van der Waals surface area contributed by atoms with Crippen molar-refractivity contribution in [1.82, 2.24) is 14.9 Å². The van der Waals surface area contributed by atoms with Crippen LogP contribution in [0.15, 0.2) is 42.6 Å². The van der Waals surface area contributed by atoms with Gasteiger partial charge in [0.2, 0.25) is 0 Å². The zero-order valence-electron chi connectivity index (χ0n) is 16.6. The number of para-hydroxylation sites is 2. The largest absolute Gasteiger partial charge is 0.352 e. The smallest absolute Gasteiger partial charge is 0.279 e. The number of fused-ring (bicyclic) bond motifs is 1. The molecule has 4 rings (SSSR count). The van der Waals surface area contributed by atoms with Crippen molar-refractivity contribution in [3.63, 3.8) is 0 Å². The second kappa shape index (κ2) is 7.94. The van der Waals surface area contributed by atoms with Gasteiger partial charge in [-0.15, -0.1) is 0 Å². The summed E-state index contributed by atoms with van der Waals surface area (Å²) in [5.41, 5.74) is 0.542. The first-order valence-electron chi connectivity index (χ1n) is 9.54. The molecular weight excluding hydrogens is 404 g/mol. The molecule has 0 unspecified atom stereocenters. The topological polar surface area (TPSA) is 136 Å². The molecule has 1 amide bonds. The summed E-state index contributed by atoms with van der Waals surface area (Å²) in [6.45, 7) is 2.99. The number of anilines is 1. The second-order valence-corrected chi connectivity index (χ2v) is 7.15. The van der Waals surface area contributed by atoms with Gasteiger partial charge in [-0.1, -0.05) is 12.1 Å². The first-order valence-corrected chi connectivity index (χ1v) is 9.54. The summed E-state index contributed by atoms with van der Waals surface area (Å²) < 4.78 is 0. The molecule has 0 radical (unpaired) electrons. The number of aromatic nitrogens is 2. The van der Waals surface area contributed by atoms with Crippen molar-refractivity contribution >= 4 is 34.1 Å². The molecule has 1 saturated heterocycles. The Morgan fingerprint density at radius 3 is 2.13 bits per heavy atom. The van der Waals surface area contributed by atoms with Gasteiger partial charge in [-0.2, -0.15) is 0 Å². The van der Waals surface area contributed by atoms with Gasteiger partial charge in [-0.25, -0.2) is 4.98 Å². The molecule has 0 spiro atoms. The van der Waals surface area contributed by atoms with Crippen LogP contribution in [-0.4, -0.2) is 56.8 Å². The Morgan fingerprint density at radius 1 is 0.968 bits per heavy atom. The monoisotopic (exact) mass is 422 g/mol. The van der Waals surface area contributed by atoms with Crippen molar-refractivity contribution in [1.29, 1.82) is 0 Å². The molecule has 1 fully saturated rings. The van der Waals surface area contributed by atoms with Crippen LogP contribution in [0.1, 0.15) is 15.9 Å². The van der Waals surface area contributed by atoms with E-state index in [0.717, 1.165) is 23.2 Å². The van der Waals surface area contributed by atoms with Gasteiger partial charge in [0.25, 0.3) is 17.3 Å². The Balaban J connectivity index is 1.52. The van der Waals surface area contributed by atoms with E-state index >= 15 is 0 Å². The van der Waals surface area contributed by atoms with Crippen LogP contribution in [0.2, 0.25) is 0 Å². The number of hydrogen-bond acceptors (Lipinski definition) is 8. The Kier molecular flexibility index (Phi) is 5.15. The number of rotatable bonds is 4. The van der Waals surface area contributed by atoms with E-state index in [0.29, 0.717) is 32.0 Å². The fourth-order valence-corrected chi connectivity index (χ4v) is 3.61. The van der Waals surface area contributed by atoms with Gasteiger partial charge < -0.3 is 9.80 Å². The molecular formula is C20H18N6O5. The molecule has 0 aliphatic carbocycles. The lowest BCUT2D eigenvalue weighted by atomic mass is 10.1. The highest BCUT2D eigenvalue weighted by atomic mass is 16.6. The predicted molar refractivity (Wildman–Crippen MR) is 112 cm³/mol. The number of nitrogens with zero attached hydrogens (tertiary/aromatic N) is 6. The van der Waals surface area contributed by atoms with E-state index in [9.17, 15) is 25.0 Å². The molecule has 0 bridgehead atoms. The van der Waals surface area contributed by atoms with Crippen molar-refractivity contribution in [2.75, 3.05) is 31.1 Å². The molecule has 0 saturated carbocycles. The molecule has 2 aromatic carbocycles. The maximum absolute atomic E-state index is 12.9. The predicted octanol–water partition coefficient (Wildman–Crippen LogP) is 2.72. The molecule has 11 nitrogen and oxygen atoms in total. The Labute approximate surface area is 176 Å². The van der Waals surface area contributed by atoms with Gasteiger partial charge >= 0.3 is 0 Å². The minimum absolute atomic E-state index is 0.0667. The van der Waals surface area contributed by atoms with E-state index in [-0.39, 0.29) is 11.1 Å². The molecule has 1 aliphatic rings. The summed E-state index contributed by atoms with van der Waals surface area (Å²) in [6, 6.07) is 9.74. The third kappa shape index (κ3) is 3.84. The molecule has 0 atom stereocenters. The van der Waals surface area contributed by atoms with Crippen molar-refractivity contribution in [3.05, 3.63) is 74.0 Å². The maximum atomic E-state index is 12.9. The lowest BCUT2D eigenvalue weighted by molar-refractivity contribution is -0.395. The molecule has 31 heavy (non-hydrogen) atoms. The second-order valence-electron chi connectivity index (χ2n) is 7.15. The van der Waals surface area contributed by atoms with Crippen molar-refractivity contribution in [2.24, 2.45) is 0 Å². The molecule has 2 heterocycles. The molecule has 11 heteroatoms. The van der Waals surface area contributed by atoms with Crippen molar-refractivity contribution in [3.8, 4) is 0 Å². The number of hydrogen-bond donors (Lipinski definition) is 0. The highest BCUT2D eigenvalue weighted by Gasteiger charge is 2.29. The van der Waals surface area contributed by atoms with Gasteiger partial charge in [0.1, 0.15) is 11.4 Å². The minimum Gasteiger partial charge on any atom is -0.352 e. The van der Waals surface area contributed by atoms with E-state index in [1.165, 1.54) is 11.8 Å². The Morgan fingerprint density at radius 2 is 1.55 bits per heavy atom. The van der Waals surface area contributed by atoms with Gasteiger partial charge in [0.15, 0.2) is 0 Å². The Bertz CT molecular complexity index is 1170. The van der Waals surface area contributed by atoms with E-state index in [4.69, 9.17) is 0 Å². The highest BCUT2D eigenvalue weighted by molar-refractivity contribution is 5.96. The van der Waals surface area contributed by atoms with Crippen molar-refractivity contribution < 1.29 is 14.6 Å². The lowest BCUT2D eigenvalue weighted by Gasteiger charge is -2.35. The minimum atomic E-state index is -0.713. The van der Waals surface area contributed by atoms with E-state index in [1.54, 1.807) is 6.20 Å². The number of carbonyl (C=O) groups is 1. The number of piperazine rings is 1. The number of carbonyl (C=O) groups excluding carboxylic acids is 1. The normalized spacial score (nSPS) is 14.0. The Hall–Kier alpha value is -4.15. The summed E-state index contributed by atoms with van der Waals surface area (Å²) in [5.74, 6) is 0.225. The average Bonchev–Trinajstić information content (AvgIpc) is 2.78. The molecule has 0 N–H and O–H groups in total. The number of nitro groups is 2. The quantitative estimate of drug-likeness (QED) is 0.462. The summed E-state index contributed by atoms with van der Waals surface area (Å²) in [7, 11) is 0. The van der Waals surface area contributed by atoms with Gasteiger partial charge in [0.05, 0.1) is 32.6 Å². The fourth-order valence-electron chi connectivity index (χ4n) is 3.61. The molecule has 3 aromatic rings. The lowest BCUT2D eigenvalue weighted by Crippen LogP contribution is -2.49. The van der Waals surface area contributed by atoms with Gasteiger partial charge in [-0.05, 0) is 19.1 Å².